The van der Waals surface area contributed by atoms with Gasteiger partial charge in [-0.1, -0.05) is 13.8 Å². The minimum atomic E-state index is -0.0771. The van der Waals surface area contributed by atoms with Crippen molar-refractivity contribution < 1.29 is 4.79 Å². The van der Waals surface area contributed by atoms with E-state index in [1.807, 2.05) is 24.4 Å². The Bertz CT molecular complexity index is 1060. The zero-order valence-electron chi connectivity index (χ0n) is 17.9. The number of rotatable bonds is 1. The molecule has 2 aliphatic carbocycles. The number of likely N-dealkylation sites (tertiary alicyclic amines) is 1. The number of nitrogens with zero attached hydrogens (tertiary/aromatic N) is 4. The van der Waals surface area contributed by atoms with Crippen molar-refractivity contribution >= 4 is 11.5 Å². The molecule has 0 amide bonds. The third-order valence-corrected chi connectivity index (χ3v) is 7.04. The monoisotopic (exact) mass is 400 g/mol. The fourth-order valence-electron chi connectivity index (χ4n) is 5.68. The van der Waals surface area contributed by atoms with Gasteiger partial charge in [-0.25, -0.2) is 0 Å². The molecule has 1 saturated carbocycles. The van der Waals surface area contributed by atoms with Crippen LogP contribution in [-0.4, -0.2) is 39.5 Å². The molecule has 2 bridgehead atoms. The highest BCUT2D eigenvalue weighted by molar-refractivity contribution is 6.54. The maximum Gasteiger partial charge on any atom is 0.214 e. The van der Waals surface area contributed by atoms with Crippen LogP contribution in [0.4, 0.5) is 0 Å². The van der Waals surface area contributed by atoms with Crippen molar-refractivity contribution in [3.8, 4) is 11.4 Å². The fourth-order valence-corrected chi connectivity index (χ4v) is 5.68. The van der Waals surface area contributed by atoms with Crippen molar-refractivity contribution in [1.82, 2.24) is 14.9 Å². The van der Waals surface area contributed by atoms with Crippen molar-refractivity contribution in [3.63, 3.8) is 0 Å². The van der Waals surface area contributed by atoms with Gasteiger partial charge in [0.05, 0.1) is 11.3 Å². The minimum Gasteiger partial charge on any atom is -0.373 e. The molecule has 30 heavy (non-hydrogen) atoms. The average molecular weight is 401 g/mol. The summed E-state index contributed by atoms with van der Waals surface area (Å²) < 4.78 is 0. The molecule has 5 rings (SSSR count). The second-order valence-electron chi connectivity index (χ2n) is 9.24. The van der Waals surface area contributed by atoms with E-state index in [4.69, 9.17) is 4.99 Å². The zero-order chi connectivity index (χ0) is 20.8. The number of hydrogen-bond donors (Lipinski definition) is 0. The Balaban J connectivity index is 1.58. The number of hydrogen-bond acceptors (Lipinski definition) is 5. The second kappa shape index (κ2) is 7.46. The van der Waals surface area contributed by atoms with Gasteiger partial charge >= 0.3 is 0 Å². The number of aliphatic imine (C=N–C) groups is 1. The lowest BCUT2D eigenvalue weighted by Crippen LogP contribution is -2.35. The normalized spacial score (nSPS) is 30.8. The minimum absolute atomic E-state index is 0.0771. The Morgan fingerprint density at radius 2 is 1.70 bits per heavy atom. The molecule has 154 valence electrons. The largest absolute Gasteiger partial charge is 0.373 e. The Morgan fingerprint density at radius 1 is 1.00 bits per heavy atom. The van der Waals surface area contributed by atoms with Crippen LogP contribution in [0.1, 0.15) is 55.5 Å². The number of aromatic nitrogens is 2. The van der Waals surface area contributed by atoms with E-state index in [2.05, 4.69) is 35.8 Å². The summed E-state index contributed by atoms with van der Waals surface area (Å²) in [5.41, 5.74) is 4.42. The quantitative estimate of drug-likeness (QED) is 0.693. The fraction of sp³-hybridized carbons (Fsp3) is 0.440. The third-order valence-electron chi connectivity index (χ3n) is 7.04. The smallest absolute Gasteiger partial charge is 0.214 e. The van der Waals surface area contributed by atoms with Crippen LogP contribution < -0.4 is 0 Å². The first-order chi connectivity index (χ1) is 14.5. The van der Waals surface area contributed by atoms with Gasteiger partial charge in [-0.3, -0.25) is 19.8 Å². The Hall–Kier alpha value is -2.82. The van der Waals surface area contributed by atoms with E-state index in [1.165, 1.54) is 31.4 Å². The van der Waals surface area contributed by atoms with E-state index < -0.39 is 0 Å². The first-order valence-electron chi connectivity index (χ1n) is 11.0. The van der Waals surface area contributed by atoms with E-state index in [9.17, 15) is 4.79 Å². The van der Waals surface area contributed by atoms with Crippen molar-refractivity contribution in [1.29, 1.82) is 0 Å². The molecular weight excluding hydrogens is 372 g/mol. The first-order valence-corrected chi connectivity index (χ1v) is 11.0. The molecule has 4 unspecified atom stereocenters. The number of pyridine rings is 2. The predicted molar refractivity (Wildman–Crippen MR) is 118 cm³/mol. The van der Waals surface area contributed by atoms with Crippen LogP contribution in [0.5, 0.6) is 0 Å². The van der Waals surface area contributed by atoms with E-state index in [0.717, 1.165) is 23.1 Å². The number of allylic oxidation sites excluding steroid dienone is 1. The first kappa shape index (κ1) is 19.2. The third kappa shape index (κ3) is 3.17. The standard InChI is InChI=1S/C25H28N4O/c1-15-10-17-12-16(2)21(29(3)18(11-15)13-17)14-28-24-19-6-4-8-26-22(19)23-20(25(24)30)7-5-9-27-23/h4-9,14-18H,10-13H2,1-3H3/b21-14+,28-24-. The molecule has 4 atom stereocenters. The summed E-state index contributed by atoms with van der Waals surface area (Å²) in [6.07, 6.45) is 10.4. The number of carbonyl (C=O) groups excluding carboxylic acids is 1. The molecule has 2 aromatic heterocycles. The van der Waals surface area contributed by atoms with Crippen LogP contribution in [0, 0.1) is 17.8 Å². The molecule has 0 N–H and O–H groups in total. The molecule has 0 radical (unpaired) electrons. The average Bonchev–Trinajstić information content (AvgIpc) is 2.82. The van der Waals surface area contributed by atoms with Crippen molar-refractivity contribution in [2.75, 3.05) is 7.05 Å². The highest BCUT2D eigenvalue weighted by atomic mass is 16.1. The van der Waals surface area contributed by atoms with E-state index in [0.29, 0.717) is 28.9 Å². The van der Waals surface area contributed by atoms with Gasteiger partial charge in [0.25, 0.3) is 0 Å². The van der Waals surface area contributed by atoms with Crippen LogP contribution in [-0.2, 0) is 0 Å². The Kier molecular flexibility index (Phi) is 4.76. The van der Waals surface area contributed by atoms with E-state index in [1.54, 1.807) is 18.5 Å². The molecule has 3 aliphatic rings. The summed E-state index contributed by atoms with van der Waals surface area (Å²) in [5.74, 6) is 1.91. The predicted octanol–water partition coefficient (Wildman–Crippen LogP) is 4.75. The van der Waals surface area contributed by atoms with Gasteiger partial charge in [0, 0.05) is 42.9 Å². The number of fused-ring (bicyclic) bond motifs is 5. The van der Waals surface area contributed by atoms with Crippen LogP contribution >= 0.6 is 0 Å². The maximum absolute atomic E-state index is 13.3. The van der Waals surface area contributed by atoms with Gasteiger partial charge in [-0.15, -0.1) is 0 Å². The molecule has 2 fully saturated rings. The molecule has 2 aromatic rings. The summed E-state index contributed by atoms with van der Waals surface area (Å²) in [6, 6.07) is 7.95. The van der Waals surface area contributed by atoms with Crippen LogP contribution in [0.15, 0.2) is 53.5 Å². The molecule has 3 heterocycles. The second-order valence-corrected chi connectivity index (χ2v) is 9.24. The number of carbonyl (C=O) groups is 1. The van der Waals surface area contributed by atoms with E-state index >= 15 is 0 Å². The zero-order valence-corrected chi connectivity index (χ0v) is 17.9. The Morgan fingerprint density at radius 3 is 2.47 bits per heavy atom. The number of Topliss-reactive ketones (excluding diaryl/α,β-unsaturated/α-hetero) is 1. The lowest BCUT2D eigenvalue weighted by atomic mass is 9.77. The van der Waals surface area contributed by atoms with Crippen molar-refractivity contribution in [2.45, 2.75) is 45.6 Å². The summed E-state index contributed by atoms with van der Waals surface area (Å²) in [6.45, 7) is 4.67. The van der Waals surface area contributed by atoms with Gasteiger partial charge < -0.3 is 4.90 Å². The maximum atomic E-state index is 13.3. The molecule has 1 saturated heterocycles. The SMILES string of the molecule is CC1CC2CC(C)/C(=C\N=C3/C(=O)c4cccnc4-c4ncccc43)N(C)C(C1)C2. The van der Waals surface area contributed by atoms with Gasteiger partial charge in [0.1, 0.15) is 11.4 Å². The van der Waals surface area contributed by atoms with Crippen molar-refractivity contribution in [2.24, 2.45) is 22.7 Å². The van der Waals surface area contributed by atoms with Gasteiger partial charge in [-0.2, -0.15) is 0 Å². The van der Waals surface area contributed by atoms with Crippen LogP contribution in [0.2, 0.25) is 0 Å². The summed E-state index contributed by atoms with van der Waals surface area (Å²) >= 11 is 0. The lowest BCUT2D eigenvalue weighted by Gasteiger charge is -2.37. The van der Waals surface area contributed by atoms with Gasteiger partial charge in [-0.05, 0) is 67.7 Å². The highest BCUT2D eigenvalue weighted by Crippen LogP contribution is 2.41. The van der Waals surface area contributed by atoms with Crippen molar-refractivity contribution in [3.05, 3.63) is 59.7 Å². The lowest BCUT2D eigenvalue weighted by molar-refractivity contribution is 0.106. The molecule has 5 heteroatoms. The van der Waals surface area contributed by atoms with Gasteiger partial charge in [0.2, 0.25) is 5.78 Å². The Labute approximate surface area is 178 Å². The molecule has 0 aromatic carbocycles. The summed E-state index contributed by atoms with van der Waals surface area (Å²) in [7, 11) is 2.20. The summed E-state index contributed by atoms with van der Waals surface area (Å²) in [4.78, 5) is 29.4. The topological polar surface area (TPSA) is 58.5 Å². The molecule has 5 nitrogen and oxygen atoms in total. The summed E-state index contributed by atoms with van der Waals surface area (Å²) in [5, 5.41) is 0. The molecule has 0 spiro atoms. The van der Waals surface area contributed by atoms with Crippen LogP contribution in [0.3, 0.4) is 0 Å². The highest BCUT2D eigenvalue weighted by Gasteiger charge is 2.36. The number of ketones is 1. The van der Waals surface area contributed by atoms with E-state index in [-0.39, 0.29) is 5.78 Å². The van der Waals surface area contributed by atoms with Crippen LogP contribution in [0.25, 0.3) is 11.4 Å². The van der Waals surface area contributed by atoms with Gasteiger partial charge in [0.15, 0.2) is 0 Å². The molecule has 1 aliphatic heterocycles. The molecular formula is C25H28N4O.